The summed E-state index contributed by atoms with van der Waals surface area (Å²) in [5.41, 5.74) is 2.52. The highest BCUT2D eigenvalue weighted by Crippen LogP contribution is 2.34. The minimum atomic E-state index is -0.243. The van der Waals surface area contributed by atoms with Crippen LogP contribution in [0.1, 0.15) is 54.6 Å². The molecule has 2 atom stereocenters. The summed E-state index contributed by atoms with van der Waals surface area (Å²) in [6.45, 7) is 3.72. The van der Waals surface area contributed by atoms with Crippen LogP contribution >= 0.6 is 0 Å². The Labute approximate surface area is 147 Å². The maximum atomic E-state index is 13.2. The Morgan fingerprint density at radius 1 is 1.40 bits per heavy atom. The average Bonchev–Trinajstić information content (AvgIpc) is 3.16. The van der Waals surface area contributed by atoms with E-state index in [9.17, 15) is 4.79 Å². The first-order valence-corrected chi connectivity index (χ1v) is 9.15. The Morgan fingerprint density at radius 3 is 3.12 bits per heavy atom. The second kappa shape index (κ2) is 6.96. The number of amides is 1. The fourth-order valence-corrected chi connectivity index (χ4v) is 3.85. The van der Waals surface area contributed by atoms with Gasteiger partial charge in [-0.1, -0.05) is 31.2 Å². The number of aryl methyl sites for hydroxylation is 2. The van der Waals surface area contributed by atoms with E-state index in [0.29, 0.717) is 25.5 Å². The van der Waals surface area contributed by atoms with Crippen LogP contribution in [0.15, 0.2) is 24.3 Å². The Hall–Kier alpha value is -2.21. The molecule has 132 valence electrons. The SMILES string of the molecule is CCc1nc(C2CN(C(=O)C3CCCc4ccccc43)CCO2)n[nH]1. The maximum Gasteiger partial charge on any atom is 0.230 e. The van der Waals surface area contributed by atoms with E-state index < -0.39 is 0 Å². The summed E-state index contributed by atoms with van der Waals surface area (Å²) in [5, 5.41) is 7.18. The molecule has 0 bridgehead atoms. The molecule has 2 aromatic rings. The van der Waals surface area contributed by atoms with Crippen molar-refractivity contribution in [1.29, 1.82) is 0 Å². The number of hydrogen-bond acceptors (Lipinski definition) is 4. The lowest BCUT2D eigenvalue weighted by atomic mass is 9.82. The largest absolute Gasteiger partial charge is 0.366 e. The number of hydrogen-bond donors (Lipinski definition) is 1. The molecule has 25 heavy (non-hydrogen) atoms. The Morgan fingerprint density at radius 2 is 2.28 bits per heavy atom. The van der Waals surface area contributed by atoms with Gasteiger partial charge >= 0.3 is 0 Å². The second-order valence-electron chi connectivity index (χ2n) is 6.78. The number of carbonyl (C=O) groups excluding carboxylic acids is 1. The molecule has 2 heterocycles. The zero-order valence-electron chi connectivity index (χ0n) is 14.6. The smallest absolute Gasteiger partial charge is 0.230 e. The molecule has 1 aliphatic carbocycles. The van der Waals surface area contributed by atoms with Crippen LogP contribution in [0, 0.1) is 0 Å². The maximum absolute atomic E-state index is 13.2. The third kappa shape index (κ3) is 3.18. The number of H-pyrrole nitrogens is 1. The molecular weight excluding hydrogens is 316 g/mol. The molecule has 1 aromatic carbocycles. The van der Waals surface area contributed by atoms with Gasteiger partial charge < -0.3 is 9.64 Å². The van der Waals surface area contributed by atoms with Crippen LogP contribution in [0.4, 0.5) is 0 Å². The first-order chi connectivity index (χ1) is 12.3. The highest BCUT2D eigenvalue weighted by Gasteiger charge is 2.34. The van der Waals surface area contributed by atoms with Gasteiger partial charge in [0.25, 0.3) is 0 Å². The lowest BCUT2D eigenvalue weighted by Gasteiger charge is -2.35. The van der Waals surface area contributed by atoms with E-state index >= 15 is 0 Å². The summed E-state index contributed by atoms with van der Waals surface area (Å²) in [7, 11) is 0. The normalized spacial score (nSPS) is 23.3. The zero-order chi connectivity index (χ0) is 17.2. The number of aromatic nitrogens is 3. The standard InChI is InChI=1S/C19H24N4O2/c1-2-17-20-18(22-21-17)16-12-23(10-11-25-16)19(24)15-9-5-7-13-6-3-4-8-14(13)15/h3-4,6,8,15-16H,2,5,7,9-12H2,1H3,(H,20,21,22). The second-order valence-corrected chi connectivity index (χ2v) is 6.78. The summed E-state index contributed by atoms with van der Waals surface area (Å²) in [6.07, 6.45) is 3.64. The van der Waals surface area contributed by atoms with Gasteiger partial charge in [0.1, 0.15) is 11.9 Å². The van der Waals surface area contributed by atoms with E-state index in [0.717, 1.165) is 31.5 Å². The molecule has 6 heteroatoms. The minimum Gasteiger partial charge on any atom is -0.366 e. The molecule has 1 aromatic heterocycles. The lowest BCUT2D eigenvalue weighted by molar-refractivity contribution is -0.141. The van der Waals surface area contributed by atoms with Crippen molar-refractivity contribution < 1.29 is 9.53 Å². The molecule has 1 amide bonds. The van der Waals surface area contributed by atoms with Gasteiger partial charge in [0.15, 0.2) is 5.82 Å². The molecule has 4 rings (SSSR count). The van der Waals surface area contributed by atoms with Gasteiger partial charge in [-0.25, -0.2) is 4.98 Å². The molecule has 0 radical (unpaired) electrons. The van der Waals surface area contributed by atoms with Crippen molar-refractivity contribution in [3.05, 3.63) is 47.0 Å². The molecule has 1 N–H and O–H groups in total. The van der Waals surface area contributed by atoms with Crippen LogP contribution in [0.25, 0.3) is 0 Å². The number of carbonyl (C=O) groups is 1. The van der Waals surface area contributed by atoms with Gasteiger partial charge in [-0.05, 0) is 30.4 Å². The number of rotatable bonds is 3. The Kier molecular flexibility index (Phi) is 4.53. The summed E-state index contributed by atoms with van der Waals surface area (Å²) in [6, 6.07) is 8.35. The Balaban J connectivity index is 1.51. The fraction of sp³-hybridized carbons (Fsp3) is 0.526. The molecule has 1 fully saturated rings. The van der Waals surface area contributed by atoms with Crippen molar-refractivity contribution >= 4 is 5.91 Å². The molecule has 2 aliphatic rings. The minimum absolute atomic E-state index is 0.0259. The summed E-state index contributed by atoms with van der Waals surface area (Å²) in [4.78, 5) is 19.6. The monoisotopic (exact) mass is 340 g/mol. The predicted octanol–water partition coefficient (Wildman–Crippen LogP) is 2.39. The first-order valence-electron chi connectivity index (χ1n) is 9.15. The van der Waals surface area contributed by atoms with Gasteiger partial charge in [-0.15, -0.1) is 0 Å². The first kappa shape index (κ1) is 16.3. The van der Waals surface area contributed by atoms with Crippen molar-refractivity contribution in [3.63, 3.8) is 0 Å². The number of morpholine rings is 1. The van der Waals surface area contributed by atoms with Crippen molar-refractivity contribution in [2.24, 2.45) is 0 Å². The number of nitrogens with zero attached hydrogens (tertiary/aromatic N) is 3. The van der Waals surface area contributed by atoms with Gasteiger partial charge in [0, 0.05) is 13.0 Å². The average molecular weight is 340 g/mol. The molecule has 2 unspecified atom stereocenters. The molecule has 1 saturated heterocycles. The van der Waals surface area contributed by atoms with Crippen LogP contribution in [-0.4, -0.2) is 45.7 Å². The van der Waals surface area contributed by atoms with Gasteiger partial charge in [-0.3, -0.25) is 9.89 Å². The number of benzene rings is 1. The number of nitrogens with one attached hydrogen (secondary N) is 1. The topological polar surface area (TPSA) is 71.1 Å². The Bertz CT molecular complexity index is 757. The van der Waals surface area contributed by atoms with E-state index in [1.54, 1.807) is 0 Å². The molecule has 6 nitrogen and oxygen atoms in total. The van der Waals surface area contributed by atoms with Gasteiger partial charge in [0.2, 0.25) is 5.91 Å². The summed E-state index contributed by atoms with van der Waals surface area (Å²) in [5.74, 6) is 1.69. The molecule has 0 spiro atoms. The number of aromatic amines is 1. The molecule has 0 saturated carbocycles. The van der Waals surface area contributed by atoms with Crippen LogP contribution in [0.2, 0.25) is 0 Å². The highest BCUT2D eigenvalue weighted by atomic mass is 16.5. The number of ether oxygens (including phenoxy) is 1. The van der Waals surface area contributed by atoms with Crippen molar-refractivity contribution in [2.75, 3.05) is 19.7 Å². The van der Waals surface area contributed by atoms with Crippen LogP contribution in [0.3, 0.4) is 0 Å². The summed E-state index contributed by atoms with van der Waals surface area (Å²) < 4.78 is 5.82. The lowest BCUT2D eigenvalue weighted by Crippen LogP contribution is -2.45. The molecular formula is C19H24N4O2. The van der Waals surface area contributed by atoms with Crippen LogP contribution in [0.5, 0.6) is 0 Å². The third-order valence-electron chi connectivity index (χ3n) is 5.22. The van der Waals surface area contributed by atoms with E-state index in [2.05, 4.69) is 33.4 Å². The number of fused-ring (bicyclic) bond motifs is 1. The summed E-state index contributed by atoms with van der Waals surface area (Å²) >= 11 is 0. The van der Waals surface area contributed by atoms with Crippen LogP contribution < -0.4 is 0 Å². The zero-order valence-corrected chi connectivity index (χ0v) is 14.6. The molecule has 1 aliphatic heterocycles. The third-order valence-corrected chi connectivity index (χ3v) is 5.22. The van der Waals surface area contributed by atoms with Gasteiger partial charge in [-0.2, -0.15) is 5.10 Å². The van der Waals surface area contributed by atoms with Gasteiger partial charge in [0.05, 0.1) is 19.1 Å². The fourth-order valence-electron chi connectivity index (χ4n) is 3.85. The van der Waals surface area contributed by atoms with E-state index in [4.69, 9.17) is 4.74 Å². The van der Waals surface area contributed by atoms with Crippen molar-refractivity contribution in [2.45, 2.75) is 44.6 Å². The van der Waals surface area contributed by atoms with Crippen molar-refractivity contribution in [1.82, 2.24) is 20.1 Å². The highest BCUT2D eigenvalue weighted by molar-refractivity contribution is 5.84. The van der Waals surface area contributed by atoms with E-state index in [-0.39, 0.29) is 17.9 Å². The van der Waals surface area contributed by atoms with Crippen molar-refractivity contribution in [3.8, 4) is 0 Å². The van der Waals surface area contributed by atoms with E-state index in [1.807, 2.05) is 17.9 Å². The predicted molar refractivity (Wildman–Crippen MR) is 93.2 cm³/mol. The van der Waals surface area contributed by atoms with E-state index in [1.165, 1.54) is 11.1 Å². The van der Waals surface area contributed by atoms with Crippen LogP contribution in [-0.2, 0) is 22.4 Å². The quantitative estimate of drug-likeness (QED) is 0.931.